The SMILES string of the molecule is CN(C(=O)c1cncn1C)C1COCC1C(=O)O. The van der Waals surface area contributed by atoms with Gasteiger partial charge in [0.1, 0.15) is 11.6 Å². The van der Waals surface area contributed by atoms with Gasteiger partial charge in [0.25, 0.3) is 5.91 Å². The number of hydrogen-bond donors (Lipinski definition) is 1. The molecule has 1 aromatic rings. The molecule has 2 rings (SSSR count). The van der Waals surface area contributed by atoms with Gasteiger partial charge in [0.2, 0.25) is 0 Å². The molecule has 0 saturated carbocycles. The molecule has 0 radical (unpaired) electrons. The number of aliphatic carboxylic acids is 1. The minimum absolute atomic E-state index is 0.142. The Morgan fingerprint density at radius 2 is 2.28 bits per heavy atom. The topological polar surface area (TPSA) is 84.7 Å². The van der Waals surface area contributed by atoms with Crippen LogP contribution < -0.4 is 0 Å². The zero-order valence-electron chi connectivity index (χ0n) is 10.2. The van der Waals surface area contributed by atoms with E-state index in [9.17, 15) is 9.59 Å². The maximum atomic E-state index is 12.2. The first kappa shape index (κ1) is 12.6. The number of aryl methyl sites for hydroxylation is 1. The fraction of sp³-hybridized carbons (Fsp3) is 0.545. The molecular formula is C11H15N3O4. The molecule has 7 heteroatoms. The quantitative estimate of drug-likeness (QED) is 0.791. The van der Waals surface area contributed by atoms with Crippen LogP contribution in [0.15, 0.2) is 12.5 Å². The van der Waals surface area contributed by atoms with Gasteiger partial charge in [-0.2, -0.15) is 0 Å². The van der Waals surface area contributed by atoms with Crippen LogP contribution in [0.5, 0.6) is 0 Å². The van der Waals surface area contributed by atoms with E-state index in [1.807, 2.05) is 0 Å². The highest BCUT2D eigenvalue weighted by Gasteiger charge is 2.39. The van der Waals surface area contributed by atoms with Crippen molar-refractivity contribution in [3.63, 3.8) is 0 Å². The lowest BCUT2D eigenvalue weighted by molar-refractivity contribution is -0.142. The monoisotopic (exact) mass is 253 g/mol. The standard InChI is InChI=1S/C11H15N3O4/c1-13-6-12-3-8(13)10(15)14(2)9-5-18-4-7(9)11(16)17/h3,6-7,9H,4-5H2,1-2H3,(H,16,17). The van der Waals surface area contributed by atoms with Crippen molar-refractivity contribution >= 4 is 11.9 Å². The first-order valence-electron chi connectivity index (χ1n) is 5.56. The van der Waals surface area contributed by atoms with Gasteiger partial charge in [-0.3, -0.25) is 9.59 Å². The fourth-order valence-corrected chi connectivity index (χ4v) is 2.06. The van der Waals surface area contributed by atoms with Gasteiger partial charge < -0.3 is 19.3 Å². The number of carboxylic acids is 1. The number of aromatic nitrogens is 2. The van der Waals surface area contributed by atoms with E-state index >= 15 is 0 Å². The number of carbonyl (C=O) groups excluding carboxylic acids is 1. The molecule has 1 amide bonds. The third-order valence-electron chi connectivity index (χ3n) is 3.22. The number of ether oxygens (including phenoxy) is 1. The zero-order valence-corrected chi connectivity index (χ0v) is 10.2. The second kappa shape index (κ2) is 4.77. The van der Waals surface area contributed by atoms with E-state index in [0.29, 0.717) is 5.69 Å². The average molecular weight is 253 g/mol. The normalized spacial score (nSPS) is 23.0. The molecule has 98 valence electrons. The average Bonchev–Trinajstić information content (AvgIpc) is 2.95. The maximum absolute atomic E-state index is 12.2. The van der Waals surface area contributed by atoms with Gasteiger partial charge in [-0.05, 0) is 0 Å². The summed E-state index contributed by atoms with van der Waals surface area (Å²) in [6, 6.07) is -0.440. The first-order chi connectivity index (χ1) is 8.52. The van der Waals surface area contributed by atoms with Crippen LogP contribution in [0.2, 0.25) is 0 Å². The molecule has 2 heterocycles. The third kappa shape index (κ3) is 2.08. The number of carboxylic acid groups (broad SMARTS) is 1. The minimum atomic E-state index is -0.942. The van der Waals surface area contributed by atoms with E-state index < -0.39 is 17.9 Å². The molecule has 1 N–H and O–H groups in total. The fourth-order valence-electron chi connectivity index (χ4n) is 2.06. The van der Waals surface area contributed by atoms with Gasteiger partial charge in [0.05, 0.1) is 31.8 Å². The summed E-state index contributed by atoms with van der Waals surface area (Å²) in [6.07, 6.45) is 2.99. The van der Waals surface area contributed by atoms with Crippen LogP contribution in [0, 0.1) is 5.92 Å². The van der Waals surface area contributed by atoms with Crippen molar-refractivity contribution in [2.75, 3.05) is 20.3 Å². The van der Waals surface area contributed by atoms with Crippen LogP contribution in [0.4, 0.5) is 0 Å². The van der Waals surface area contributed by atoms with Gasteiger partial charge in [-0.1, -0.05) is 0 Å². The number of imidazole rings is 1. The Bertz CT molecular complexity index is 471. The molecule has 1 aromatic heterocycles. The van der Waals surface area contributed by atoms with Crippen LogP contribution in [0.25, 0.3) is 0 Å². The second-order valence-corrected chi connectivity index (χ2v) is 4.36. The molecule has 0 aromatic carbocycles. The summed E-state index contributed by atoms with van der Waals surface area (Å²) in [7, 11) is 3.30. The summed E-state index contributed by atoms with van der Waals surface area (Å²) >= 11 is 0. The Morgan fingerprint density at radius 1 is 1.56 bits per heavy atom. The smallest absolute Gasteiger partial charge is 0.311 e. The number of hydrogen-bond acceptors (Lipinski definition) is 4. The van der Waals surface area contributed by atoms with E-state index in [0.717, 1.165) is 0 Å². The third-order valence-corrected chi connectivity index (χ3v) is 3.22. The lowest BCUT2D eigenvalue weighted by atomic mass is 10.0. The van der Waals surface area contributed by atoms with Gasteiger partial charge in [0, 0.05) is 14.1 Å². The van der Waals surface area contributed by atoms with Gasteiger partial charge >= 0.3 is 5.97 Å². The van der Waals surface area contributed by atoms with Gasteiger partial charge in [0.15, 0.2) is 0 Å². The molecule has 1 aliphatic rings. The highest BCUT2D eigenvalue weighted by atomic mass is 16.5. The van der Waals surface area contributed by atoms with E-state index in [1.54, 1.807) is 18.7 Å². The predicted octanol–water partition coefficient (Wildman–Crippen LogP) is -0.408. The zero-order chi connectivity index (χ0) is 13.3. The summed E-state index contributed by atoms with van der Waals surface area (Å²) in [6.45, 7) is 0.389. The molecule has 2 unspecified atom stereocenters. The second-order valence-electron chi connectivity index (χ2n) is 4.36. The Hall–Kier alpha value is -1.89. The lowest BCUT2D eigenvalue weighted by Crippen LogP contribution is -2.44. The highest BCUT2D eigenvalue weighted by Crippen LogP contribution is 2.20. The van der Waals surface area contributed by atoms with Crippen molar-refractivity contribution in [2.45, 2.75) is 6.04 Å². The van der Waals surface area contributed by atoms with Crippen LogP contribution >= 0.6 is 0 Å². The highest BCUT2D eigenvalue weighted by molar-refractivity contribution is 5.92. The Kier molecular flexibility index (Phi) is 3.33. The van der Waals surface area contributed by atoms with Crippen molar-refractivity contribution in [1.29, 1.82) is 0 Å². The summed E-state index contributed by atoms with van der Waals surface area (Å²) < 4.78 is 6.75. The summed E-state index contributed by atoms with van der Waals surface area (Å²) in [4.78, 5) is 28.5. The molecule has 1 saturated heterocycles. The van der Waals surface area contributed by atoms with Crippen molar-refractivity contribution in [3.05, 3.63) is 18.2 Å². The summed E-state index contributed by atoms with van der Waals surface area (Å²) in [5.74, 6) is -1.87. The van der Waals surface area contributed by atoms with Crippen LogP contribution in [-0.2, 0) is 16.6 Å². The molecule has 18 heavy (non-hydrogen) atoms. The minimum Gasteiger partial charge on any atom is -0.481 e. The van der Waals surface area contributed by atoms with Crippen LogP contribution in [0.1, 0.15) is 10.5 Å². The van der Waals surface area contributed by atoms with Crippen molar-refractivity contribution in [1.82, 2.24) is 14.5 Å². The molecule has 0 spiro atoms. The van der Waals surface area contributed by atoms with Crippen molar-refractivity contribution < 1.29 is 19.4 Å². The van der Waals surface area contributed by atoms with E-state index in [-0.39, 0.29) is 19.1 Å². The number of carbonyl (C=O) groups is 2. The Labute approximate surface area is 104 Å². The molecule has 7 nitrogen and oxygen atoms in total. The number of rotatable bonds is 3. The summed E-state index contributed by atoms with van der Waals surface area (Å²) in [5, 5.41) is 9.06. The van der Waals surface area contributed by atoms with Crippen LogP contribution in [-0.4, -0.2) is 57.7 Å². The van der Waals surface area contributed by atoms with E-state index in [1.165, 1.54) is 17.4 Å². The first-order valence-corrected chi connectivity index (χ1v) is 5.56. The molecular weight excluding hydrogens is 238 g/mol. The molecule has 0 aliphatic carbocycles. The van der Waals surface area contributed by atoms with Gasteiger partial charge in [-0.15, -0.1) is 0 Å². The predicted molar refractivity (Wildman–Crippen MR) is 61.0 cm³/mol. The van der Waals surface area contributed by atoms with Gasteiger partial charge in [-0.25, -0.2) is 4.98 Å². The van der Waals surface area contributed by atoms with Crippen molar-refractivity contribution in [3.8, 4) is 0 Å². The number of likely N-dealkylation sites (N-methyl/N-ethyl adjacent to an activating group) is 1. The maximum Gasteiger partial charge on any atom is 0.311 e. The molecule has 0 bridgehead atoms. The van der Waals surface area contributed by atoms with Crippen LogP contribution in [0.3, 0.4) is 0 Å². The number of amides is 1. The molecule has 2 atom stereocenters. The summed E-state index contributed by atoms with van der Waals surface area (Å²) in [5.41, 5.74) is 0.425. The number of nitrogens with zero attached hydrogens (tertiary/aromatic N) is 3. The van der Waals surface area contributed by atoms with E-state index in [4.69, 9.17) is 9.84 Å². The van der Waals surface area contributed by atoms with E-state index in [2.05, 4.69) is 4.98 Å². The van der Waals surface area contributed by atoms with Crippen molar-refractivity contribution in [2.24, 2.45) is 13.0 Å². The Morgan fingerprint density at radius 3 is 2.83 bits per heavy atom. The Balaban J connectivity index is 2.16. The lowest BCUT2D eigenvalue weighted by Gasteiger charge is -2.26. The molecule has 1 fully saturated rings. The largest absolute Gasteiger partial charge is 0.481 e. The molecule has 1 aliphatic heterocycles.